The number of nitrogens with two attached hydrogens (primary N) is 1. The van der Waals surface area contributed by atoms with Gasteiger partial charge in [0.15, 0.2) is 0 Å². The molecule has 1 heterocycles. The summed E-state index contributed by atoms with van der Waals surface area (Å²) in [5, 5.41) is 10.6. The van der Waals surface area contributed by atoms with Crippen molar-refractivity contribution in [3.63, 3.8) is 0 Å². The summed E-state index contributed by atoms with van der Waals surface area (Å²) in [6.07, 6.45) is 3.39. The molecule has 0 aliphatic rings. The highest BCUT2D eigenvalue weighted by Crippen LogP contribution is 2.23. The molecule has 1 atom stereocenters. The van der Waals surface area contributed by atoms with Crippen molar-refractivity contribution in [2.75, 3.05) is 6.61 Å². The standard InChI is InChI=1S/C22H23N3O2.C2H6/c1-16(24)12-17-13-19-8-10-25(21(19)20(14-17)15-23)9-5-11-27-22(26)18-6-3-2-4-7-18;1-2/h2-4,6-8,10,13-14,16H,5,9,11-12,24H2,1H3;1-2H3. The van der Waals surface area contributed by atoms with Gasteiger partial charge in [0.1, 0.15) is 6.07 Å². The molecule has 1 aromatic heterocycles. The van der Waals surface area contributed by atoms with Crippen LogP contribution in [0.4, 0.5) is 0 Å². The molecule has 0 aliphatic heterocycles. The number of carbonyl (C=O) groups is 1. The van der Waals surface area contributed by atoms with E-state index in [9.17, 15) is 10.1 Å². The average molecular weight is 392 g/mol. The van der Waals surface area contributed by atoms with Gasteiger partial charge in [-0.05, 0) is 55.7 Å². The van der Waals surface area contributed by atoms with Crippen LogP contribution in [0.2, 0.25) is 0 Å². The molecule has 5 nitrogen and oxygen atoms in total. The molecule has 5 heteroatoms. The zero-order valence-corrected chi connectivity index (χ0v) is 17.4. The van der Waals surface area contributed by atoms with Crippen molar-refractivity contribution >= 4 is 16.9 Å². The minimum Gasteiger partial charge on any atom is -0.462 e. The summed E-state index contributed by atoms with van der Waals surface area (Å²) in [6.45, 7) is 6.96. The first-order chi connectivity index (χ1) is 14.1. The van der Waals surface area contributed by atoms with Gasteiger partial charge in [-0.15, -0.1) is 0 Å². The number of benzene rings is 2. The number of rotatable bonds is 7. The van der Waals surface area contributed by atoms with Crippen LogP contribution in [0.25, 0.3) is 10.9 Å². The van der Waals surface area contributed by atoms with E-state index < -0.39 is 0 Å². The molecule has 3 rings (SSSR count). The Kier molecular flexibility index (Phi) is 8.45. The molecule has 0 amide bonds. The van der Waals surface area contributed by atoms with Gasteiger partial charge in [-0.1, -0.05) is 32.0 Å². The highest BCUT2D eigenvalue weighted by atomic mass is 16.5. The van der Waals surface area contributed by atoms with E-state index in [2.05, 4.69) is 12.1 Å². The summed E-state index contributed by atoms with van der Waals surface area (Å²) in [6, 6.07) is 17.3. The third-order valence-electron chi connectivity index (χ3n) is 4.38. The Morgan fingerprint density at radius 1 is 1.21 bits per heavy atom. The van der Waals surface area contributed by atoms with E-state index in [4.69, 9.17) is 10.5 Å². The van der Waals surface area contributed by atoms with E-state index in [1.807, 2.05) is 61.9 Å². The molecule has 0 spiro atoms. The number of esters is 1. The van der Waals surface area contributed by atoms with Crippen molar-refractivity contribution in [3.05, 3.63) is 71.4 Å². The normalized spacial score (nSPS) is 11.3. The summed E-state index contributed by atoms with van der Waals surface area (Å²) in [4.78, 5) is 12.0. The molecule has 0 saturated carbocycles. The zero-order chi connectivity index (χ0) is 21.2. The molecule has 1 unspecified atom stereocenters. The molecular formula is C24H29N3O2. The number of carbonyl (C=O) groups excluding carboxylic acids is 1. The smallest absolute Gasteiger partial charge is 0.338 e. The van der Waals surface area contributed by atoms with Gasteiger partial charge in [0.25, 0.3) is 0 Å². The van der Waals surface area contributed by atoms with Crippen molar-refractivity contribution in [1.82, 2.24) is 4.57 Å². The third kappa shape index (κ3) is 5.94. The number of hydrogen-bond donors (Lipinski definition) is 1. The maximum atomic E-state index is 12.0. The van der Waals surface area contributed by atoms with E-state index in [1.165, 1.54) is 0 Å². The van der Waals surface area contributed by atoms with Crippen LogP contribution in [-0.4, -0.2) is 23.2 Å². The molecule has 0 saturated heterocycles. The van der Waals surface area contributed by atoms with Gasteiger partial charge in [-0.25, -0.2) is 4.79 Å². The highest BCUT2D eigenvalue weighted by Gasteiger charge is 2.11. The summed E-state index contributed by atoms with van der Waals surface area (Å²) in [7, 11) is 0. The second-order valence-electron chi connectivity index (χ2n) is 6.74. The Morgan fingerprint density at radius 3 is 2.59 bits per heavy atom. The second-order valence-corrected chi connectivity index (χ2v) is 6.74. The number of hydrogen-bond acceptors (Lipinski definition) is 4. The molecule has 152 valence electrons. The van der Waals surface area contributed by atoms with Gasteiger partial charge in [0.2, 0.25) is 0 Å². The van der Waals surface area contributed by atoms with Crippen LogP contribution >= 0.6 is 0 Å². The number of ether oxygens (including phenoxy) is 1. The van der Waals surface area contributed by atoms with Gasteiger partial charge >= 0.3 is 5.97 Å². The van der Waals surface area contributed by atoms with E-state index >= 15 is 0 Å². The number of aromatic nitrogens is 1. The van der Waals surface area contributed by atoms with Gasteiger partial charge < -0.3 is 15.0 Å². The lowest BCUT2D eigenvalue weighted by atomic mass is 10.0. The quantitative estimate of drug-likeness (QED) is 0.468. The first-order valence-corrected chi connectivity index (χ1v) is 10.1. The molecule has 3 aromatic rings. The highest BCUT2D eigenvalue weighted by molar-refractivity contribution is 5.89. The van der Waals surface area contributed by atoms with E-state index in [1.54, 1.807) is 12.1 Å². The van der Waals surface area contributed by atoms with Crippen molar-refractivity contribution < 1.29 is 9.53 Å². The molecular weight excluding hydrogens is 362 g/mol. The van der Waals surface area contributed by atoms with Crippen LogP contribution in [-0.2, 0) is 17.7 Å². The Labute approximate surface area is 172 Å². The first-order valence-electron chi connectivity index (χ1n) is 10.1. The third-order valence-corrected chi connectivity index (χ3v) is 4.38. The van der Waals surface area contributed by atoms with E-state index in [0.29, 0.717) is 30.7 Å². The van der Waals surface area contributed by atoms with Crippen molar-refractivity contribution in [3.8, 4) is 6.07 Å². The van der Waals surface area contributed by atoms with E-state index in [-0.39, 0.29) is 12.0 Å². The lowest BCUT2D eigenvalue weighted by Crippen LogP contribution is -2.17. The first kappa shape index (κ1) is 22.2. The topological polar surface area (TPSA) is 81.0 Å². The molecule has 0 aliphatic carbocycles. The predicted molar refractivity (Wildman–Crippen MR) is 117 cm³/mol. The maximum absolute atomic E-state index is 12.0. The van der Waals surface area contributed by atoms with Crippen molar-refractivity contribution in [2.24, 2.45) is 5.73 Å². The van der Waals surface area contributed by atoms with Gasteiger partial charge in [0.05, 0.1) is 23.3 Å². The van der Waals surface area contributed by atoms with Crippen LogP contribution in [0.15, 0.2) is 54.7 Å². The number of nitrogens with zero attached hydrogens (tertiary/aromatic N) is 2. The summed E-state index contributed by atoms with van der Waals surface area (Å²) in [5.41, 5.74) is 9.07. The lowest BCUT2D eigenvalue weighted by Gasteiger charge is -2.10. The summed E-state index contributed by atoms with van der Waals surface area (Å²) >= 11 is 0. The number of fused-ring (bicyclic) bond motifs is 1. The van der Waals surface area contributed by atoms with E-state index in [0.717, 1.165) is 22.9 Å². The predicted octanol–water partition coefficient (Wildman–Crippen LogP) is 4.68. The zero-order valence-electron chi connectivity index (χ0n) is 17.4. The molecule has 0 fully saturated rings. The summed E-state index contributed by atoms with van der Waals surface area (Å²) in [5.74, 6) is -0.314. The fraction of sp³-hybridized carbons (Fsp3) is 0.333. The minimum atomic E-state index is -0.314. The lowest BCUT2D eigenvalue weighted by molar-refractivity contribution is 0.0496. The number of nitriles is 1. The minimum absolute atomic E-state index is 0.0513. The van der Waals surface area contributed by atoms with Crippen molar-refractivity contribution in [2.45, 2.75) is 46.2 Å². The molecule has 2 aromatic carbocycles. The van der Waals surface area contributed by atoms with Crippen LogP contribution in [0.3, 0.4) is 0 Å². The van der Waals surface area contributed by atoms with Gasteiger partial charge in [-0.3, -0.25) is 0 Å². The Bertz CT molecular complexity index is 969. The Balaban J connectivity index is 0.00000145. The van der Waals surface area contributed by atoms with Crippen LogP contribution < -0.4 is 5.73 Å². The Morgan fingerprint density at radius 2 is 1.93 bits per heavy atom. The largest absolute Gasteiger partial charge is 0.462 e. The molecule has 0 radical (unpaired) electrons. The fourth-order valence-electron chi connectivity index (χ4n) is 3.23. The van der Waals surface area contributed by atoms with Crippen molar-refractivity contribution in [1.29, 1.82) is 5.26 Å². The molecule has 29 heavy (non-hydrogen) atoms. The Hall–Kier alpha value is -3.10. The monoisotopic (exact) mass is 391 g/mol. The van der Waals surface area contributed by atoms with Gasteiger partial charge in [-0.2, -0.15) is 5.26 Å². The van der Waals surface area contributed by atoms with Crippen LogP contribution in [0.1, 0.15) is 48.7 Å². The van der Waals surface area contributed by atoms with Crippen LogP contribution in [0, 0.1) is 11.3 Å². The fourth-order valence-corrected chi connectivity index (χ4v) is 3.23. The van der Waals surface area contributed by atoms with Gasteiger partial charge in [0, 0.05) is 24.2 Å². The average Bonchev–Trinajstić information content (AvgIpc) is 3.15. The maximum Gasteiger partial charge on any atom is 0.338 e. The van der Waals surface area contributed by atoms with Crippen LogP contribution in [0.5, 0.6) is 0 Å². The number of aryl methyl sites for hydroxylation is 1. The summed E-state index contributed by atoms with van der Waals surface area (Å²) < 4.78 is 7.37. The second kappa shape index (κ2) is 11.0. The SMILES string of the molecule is CC.CC(N)Cc1cc(C#N)c2c(ccn2CCCOC(=O)c2ccccc2)c1. The molecule has 0 bridgehead atoms. The molecule has 2 N–H and O–H groups in total.